The second kappa shape index (κ2) is 17.1. The van der Waals surface area contributed by atoms with Gasteiger partial charge in [0.15, 0.2) is 5.60 Å². The minimum atomic E-state index is -1.47. The fourth-order valence-electron chi connectivity index (χ4n) is 7.21. The van der Waals surface area contributed by atoms with Crippen LogP contribution < -0.4 is 0 Å². The second-order valence-electron chi connectivity index (χ2n) is 14.6. The average molecular weight is 732 g/mol. The molecule has 0 radical (unpaired) electrons. The average Bonchev–Trinajstić information content (AvgIpc) is 3.80. The highest BCUT2D eigenvalue weighted by atomic mass is 35.5. The van der Waals surface area contributed by atoms with Crippen LogP contribution in [0.15, 0.2) is 60.2 Å². The maximum Gasteiger partial charge on any atom is 0.411 e. The van der Waals surface area contributed by atoms with E-state index in [4.69, 9.17) is 35.3 Å². The Morgan fingerprint density at radius 3 is 2.49 bits per heavy atom. The van der Waals surface area contributed by atoms with E-state index in [2.05, 4.69) is 13.8 Å². The monoisotopic (exact) mass is 731 g/mol. The number of cyclic esters (lactones) is 2. The fourth-order valence-corrected chi connectivity index (χ4v) is 7.34. The van der Waals surface area contributed by atoms with Crippen LogP contribution in [0.4, 0.5) is 4.79 Å². The van der Waals surface area contributed by atoms with E-state index in [0.29, 0.717) is 17.1 Å². The van der Waals surface area contributed by atoms with Crippen LogP contribution in [0, 0.1) is 11.8 Å². The van der Waals surface area contributed by atoms with Crippen molar-refractivity contribution >= 4 is 29.6 Å². The van der Waals surface area contributed by atoms with Crippen molar-refractivity contribution in [2.75, 3.05) is 7.11 Å². The summed E-state index contributed by atoms with van der Waals surface area (Å²) in [5.74, 6) is -1.45. The first-order valence-corrected chi connectivity index (χ1v) is 18.1. The Labute approximate surface area is 306 Å². The van der Waals surface area contributed by atoms with Crippen molar-refractivity contribution in [2.45, 2.75) is 135 Å². The Morgan fingerprint density at radius 1 is 1.18 bits per heavy atom. The van der Waals surface area contributed by atoms with Crippen molar-refractivity contribution in [1.29, 1.82) is 0 Å². The quantitative estimate of drug-likeness (QED) is 0.0903. The SMILES string of the molecule is CC[C@H](OC)[C@@H](C)[C@H]1O[C@@H]1C1N(Cc2ccc(Cl)cc2)C(=O)OC1(C)C=CC=C(C)C1OC(=O)C[C@H](O)CC[C@@](C)(O)[C@@H](OC(C)=O)C=C[C@@H]1C. The van der Waals surface area contributed by atoms with Crippen molar-refractivity contribution in [3.8, 4) is 0 Å². The molecule has 0 bridgehead atoms. The first kappa shape index (κ1) is 40.5. The van der Waals surface area contributed by atoms with Crippen LogP contribution >= 0.6 is 11.6 Å². The first-order chi connectivity index (χ1) is 24.0. The summed E-state index contributed by atoms with van der Waals surface area (Å²) in [6.45, 7) is 12.8. The number of aliphatic hydroxyl groups excluding tert-OH is 1. The van der Waals surface area contributed by atoms with Gasteiger partial charge in [-0.1, -0.05) is 62.7 Å². The maximum absolute atomic E-state index is 13.5. The molecule has 2 saturated heterocycles. The molecule has 3 unspecified atom stereocenters. The highest BCUT2D eigenvalue weighted by molar-refractivity contribution is 6.30. The number of carbonyl (C=O) groups is 3. The number of benzene rings is 1. The molecule has 3 heterocycles. The molecule has 2 fully saturated rings. The lowest BCUT2D eigenvalue weighted by Gasteiger charge is -2.32. The summed E-state index contributed by atoms with van der Waals surface area (Å²) in [7, 11) is 1.69. The largest absolute Gasteiger partial charge is 0.457 e. The number of allylic oxidation sites excluding steroid dienone is 2. The highest BCUT2D eigenvalue weighted by Gasteiger charge is 2.62. The third kappa shape index (κ3) is 10.2. The Bertz CT molecular complexity index is 1470. The van der Waals surface area contributed by atoms with E-state index >= 15 is 0 Å². The van der Waals surface area contributed by atoms with E-state index in [1.54, 1.807) is 48.4 Å². The number of hydrogen-bond acceptors (Lipinski definition) is 10. The van der Waals surface area contributed by atoms with Crippen LogP contribution in [0.2, 0.25) is 5.02 Å². The number of nitrogens with zero attached hydrogens (tertiary/aromatic N) is 1. The molecule has 2 N–H and O–H groups in total. The molecule has 0 aromatic heterocycles. The predicted molar refractivity (Wildman–Crippen MR) is 192 cm³/mol. The van der Waals surface area contributed by atoms with Gasteiger partial charge in [0.2, 0.25) is 0 Å². The van der Waals surface area contributed by atoms with Gasteiger partial charge in [-0.15, -0.1) is 0 Å². The van der Waals surface area contributed by atoms with Gasteiger partial charge in [-0.3, -0.25) is 14.5 Å². The number of amides is 1. The number of halogens is 1. The van der Waals surface area contributed by atoms with Crippen LogP contribution in [0.3, 0.4) is 0 Å². The third-order valence-corrected chi connectivity index (χ3v) is 10.5. The molecule has 51 heavy (non-hydrogen) atoms. The molecular weight excluding hydrogens is 678 g/mol. The molecule has 4 rings (SSSR count). The van der Waals surface area contributed by atoms with Gasteiger partial charge in [0, 0.05) is 37.4 Å². The normalized spacial score (nSPS) is 34.7. The van der Waals surface area contributed by atoms with Crippen LogP contribution in [0.5, 0.6) is 0 Å². The molecule has 1 aromatic carbocycles. The van der Waals surface area contributed by atoms with Crippen LogP contribution in [-0.2, 0) is 39.8 Å². The molecule has 0 aliphatic carbocycles. The van der Waals surface area contributed by atoms with Crippen molar-refractivity contribution in [1.82, 2.24) is 4.90 Å². The van der Waals surface area contributed by atoms with Crippen LogP contribution in [-0.4, -0.2) is 94.1 Å². The first-order valence-electron chi connectivity index (χ1n) is 17.7. The summed E-state index contributed by atoms with van der Waals surface area (Å²) in [5, 5.41) is 22.3. The molecule has 1 amide bonds. The minimum Gasteiger partial charge on any atom is -0.457 e. The zero-order chi connectivity index (χ0) is 37.7. The lowest BCUT2D eigenvalue weighted by molar-refractivity contribution is -0.157. The highest BCUT2D eigenvalue weighted by Crippen LogP contribution is 2.45. The van der Waals surface area contributed by atoms with E-state index in [9.17, 15) is 24.6 Å². The molecule has 11 nitrogen and oxygen atoms in total. The van der Waals surface area contributed by atoms with Gasteiger partial charge >= 0.3 is 18.0 Å². The Hall–Kier alpha value is -3.22. The number of ether oxygens (including phenoxy) is 5. The predicted octanol–water partition coefficient (Wildman–Crippen LogP) is 6.08. The summed E-state index contributed by atoms with van der Waals surface area (Å²) < 4.78 is 29.4. The number of rotatable bonds is 11. The number of esters is 2. The van der Waals surface area contributed by atoms with Crippen molar-refractivity contribution in [3.63, 3.8) is 0 Å². The van der Waals surface area contributed by atoms with E-state index in [1.807, 2.05) is 39.0 Å². The molecule has 1 aromatic rings. The lowest BCUT2D eigenvalue weighted by Crippen LogP contribution is -2.47. The number of methoxy groups -OCH3 is 1. The van der Waals surface area contributed by atoms with Crippen LogP contribution in [0.1, 0.15) is 79.7 Å². The Morgan fingerprint density at radius 2 is 1.86 bits per heavy atom. The van der Waals surface area contributed by atoms with Gasteiger partial charge in [-0.2, -0.15) is 0 Å². The maximum atomic E-state index is 13.5. The van der Waals surface area contributed by atoms with Crippen LogP contribution in [0.25, 0.3) is 0 Å². The number of carbonyl (C=O) groups excluding carboxylic acids is 3. The van der Waals surface area contributed by atoms with Crippen molar-refractivity contribution < 1.29 is 48.3 Å². The van der Waals surface area contributed by atoms with Gasteiger partial charge < -0.3 is 33.9 Å². The smallest absolute Gasteiger partial charge is 0.411 e. The fraction of sp³-hybridized carbons (Fsp3) is 0.615. The molecule has 0 spiro atoms. The van der Waals surface area contributed by atoms with E-state index in [0.717, 1.165) is 12.0 Å². The van der Waals surface area contributed by atoms with Gasteiger partial charge in [0.25, 0.3) is 0 Å². The molecular formula is C39H54ClNO10. The summed E-state index contributed by atoms with van der Waals surface area (Å²) in [5.41, 5.74) is -0.963. The summed E-state index contributed by atoms with van der Waals surface area (Å²) in [6, 6.07) is 6.87. The van der Waals surface area contributed by atoms with E-state index < -0.39 is 59.5 Å². The molecule has 3 aliphatic rings. The standard InChI is InChI=1S/C39H54ClNO10/c1-9-30(47-8)25(4)34-35(50-34)36-39(7,51-37(45)41(36)22-27-13-15-28(40)16-14-27)19-10-11-23(2)33-24(3)12-17-31(48-26(5)42)38(6,46)20-18-29(43)21-32(44)49-33/h10-17,19,24-25,29-31,33-36,43,46H,9,18,20-22H2,1-8H3/t24-,25+,29+,30-,31-,33?,34+,35-,36?,38+,39?/m0/s1. The lowest BCUT2D eigenvalue weighted by atomic mass is 9.86. The summed E-state index contributed by atoms with van der Waals surface area (Å²) >= 11 is 6.12. The number of hydrogen-bond donors (Lipinski definition) is 2. The third-order valence-electron chi connectivity index (χ3n) is 10.3. The second-order valence-corrected chi connectivity index (χ2v) is 15.0. The molecule has 12 heteroatoms. The molecule has 3 aliphatic heterocycles. The Kier molecular flexibility index (Phi) is 13.6. The summed E-state index contributed by atoms with van der Waals surface area (Å²) in [4.78, 5) is 40.0. The van der Waals surface area contributed by atoms with Crippen molar-refractivity contribution in [2.24, 2.45) is 11.8 Å². The van der Waals surface area contributed by atoms with Gasteiger partial charge in [0.05, 0.1) is 24.7 Å². The Balaban J connectivity index is 1.63. The van der Waals surface area contributed by atoms with Gasteiger partial charge in [-0.05, 0) is 75.5 Å². The number of aliphatic hydroxyl groups is 2. The summed E-state index contributed by atoms with van der Waals surface area (Å²) in [6.07, 6.45) is 5.86. The zero-order valence-corrected chi connectivity index (χ0v) is 31.7. The van der Waals surface area contributed by atoms with E-state index in [-0.39, 0.29) is 43.5 Å². The number of epoxide rings is 1. The molecule has 282 valence electrons. The molecule has 11 atom stereocenters. The van der Waals surface area contributed by atoms with E-state index in [1.165, 1.54) is 13.8 Å². The van der Waals surface area contributed by atoms with Crippen molar-refractivity contribution in [3.05, 3.63) is 70.8 Å². The zero-order valence-electron chi connectivity index (χ0n) is 30.9. The topological polar surface area (TPSA) is 144 Å². The molecule has 0 saturated carbocycles. The minimum absolute atomic E-state index is 0.00338. The van der Waals surface area contributed by atoms with Gasteiger partial charge in [0.1, 0.15) is 30.0 Å². The van der Waals surface area contributed by atoms with Gasteiger partial charge in [-0.25, -0.2) is 4.79 Å².